The molecule has 146 valence electrons. The zero-order chi connectivity index (χ0) is 20.1. The van der Waals surface area contributed by atoms with Gasteiger partial charge in [0.2, 0.25) is 0 Å². The summed E-state index contributed by atoms with van der Waals surface area (Å²) in [5.41, 5.74) is 5.72. The van der Waals surface area contributed by atoms with E-state index in [1.807, 2.05) is 12.1 Å². The van der Waals surface area contributed by atoms with Gasteiger partial charge in [-0.15, -0.1) is 11.3 Å². The van der Waals surface area contributed by atoms with Crippen molar-refractivity contribution in [1.82, 2.24) is 19.1 Å². The number of thiophene rings is 1. The van der Waals surface area contributed by atoms with Gasteiger partial charge in [-0.2, -0.15) is 0 Å². The number of fused-ring (bicyclic) bond motifs is 2. The lowest BCUT2D eigenvalue weighted by Gasteiger charge is -2.18. The highest BCUT2D eigenvalue weighted by molar-refractivity contribution is 7.09. The lowest BCUT2D eigenvalue weighted by atomic mass is 10.2. The van der Waals surface area contributed by atoms with E-state index in [1.54, 1.807) is 34.6 Å². The largest absolute Gasteiger partial charge is 0.369 e. The molecule has 2 aromatic carbocycles. The number of hydrogen-bond acceptors (Lipinski definition) is 4. The van der Waals surface area contributed by atoms with Gasteiger partial charge in [-0.25, -0.2) is 9.78 Å². The van der Waals surface area contributed by atoms with Crippen molar-refractivity contribution in [2.75, 3.05) is 11.9 Å². The minimum absolute atomic E-state index is 0.0323. The molecule has 29 heavy (non-hydrogen) atoms. The summed E-state index contributed by atoms with van der Waals surface area (Å²) in [7, 11) is 5.68. The van der Waals surface area contributed by atoms with Gasteiger partial charge < -0.3 is 9.88 Å². The summed E-state index contributed by atoms with van der Waals surface area (Å²) < 4.78 is 3.31. The Kier molecular flexibility index (Phi) is 4.06. The number of H-pyrrole nitrogens is 1. The zero-order valence-electron chi connectivity index (χ0n) is 16.5. The molecule has 0 spiro atoms. The summed E-state index contributed by atoms with van der Waals surface area (Å²) in [6.45, 7) is 0.896. The Balaban J connectivity index is 1.48. The summed E-state index contributed by atoms with van der Waals surface area (Å²) in [4.78, 5) is 23.9. The summed E-state index contributed by atoms with van der Waals surface area (Å²) in [5, 5.41) is 2.11. The summed E-state index contributed by atoms with van der Waals surface area (Å²) in [6, 6.07) is 16.6. The number of nitrogens with one attached hydrogen (secondary N) is 1. The van der Waals surface area contributed by atoms with Crippen molar-refractivity contribution in [3.05, 3.63) is 69.3 Å². The van der Waals surface area contributed by atoms with E-state index in [1.165, 1.54) is 10.6 Å². The molecule has 5 aromatic rings. The van der Waals surface area contributed by atoms with Crippen LogP contribution >= 0.6 is 11.3 Å². The number of hydrogen-bond donors (Lipinski definition) is 1. The summed E-state index contributed by atoms with van der Waals surface area (Å²) >= 11 is 1.77. The molecule has 3 heterocycles. The first kappa shape index (κ1) is 17.8. The monoisotopic (exact) mass is 403 g/mol. The fourth-order valence-corrected chi connectivity index (χ4v) is 4.50. The minimum Gasteiger partial charge on any atom is -0.369 e. The molecular weight excluding hydrogens is 382 g/mol. The van der Waals surface area contributed by atoms with Crippen LogP contribution in [0.1, 0.15) is 4.88 Å². The van der Waals surface area contributed by atoms with Crippen LogP contribution in [0.25, 0.3) is 33.5 Å². The number of nitrogens with zero attached hydrogens (tertiary/aromatic N) is 4. The molecule has 0 bridgehead atoms. The van der Waals surface area contributed by atoms with Crippen LogP contribution in [0.15, 0.2) is 58.7 Å². The molecule has 6 nitrogen and oxygen atoms in total. The van der Waals surface area contributed by atoms with Gasteiger partial charge in [0, 0.05) is 37.3 Å². The van der Waals surface area contributed by atoms with E-state index in [0.717, 1.165) is 40.0 Å². The Labute approximate surface area is 171 Å². The third-order valence-electron chi connectivity index (χ3n) is 5.43. The Bertz CT molecular complexity index is 1310. The molecule has 0 aliphatic carbocycles. The van der Waals surface area contributed by atoms with Gasteiger partial charge in [0.1, 0.15) is 5.82 Å². The fourth-order valence-electron chi connectivity index (χ4n) is 3.74. The Morgan fingerprint density at radius 3 is 2.48 bits per heavy atom. The summed E-state index contributed by atoms with van der Waals surface area (Å²) in [5.74, 6) is 0.827. The third-order valence-corrected chi connectivity index (χ3v) is 6.29. The second-order valence-corrected chi connectivity index (χ2v) is 8.36. The number of benzene rings is 2. The summed E-state index contributed by atoms with van der Waals surface area (Å²) in [6.07, 6.45) is 0. The molecule has 0 aliphatic rings. The van der Waals surface area contributed by atoms with Gasteiger partial charge in [-0.3, -0.25) is 9.13 Å². The average molecular weight is 404 g/mol. The predicted molar refractivity (Wildman–Crippen MR) is 120 cm³/mol. The third kappa shape index (κ3) is 2.94. The van der Waals surface area contributed by atoms with E-state index >= 15 is 0 Å². The van der Waals surface area contributed by atoms with Crippen LogP contribution in [-0.2, 0) is 20.6 Å². The van der Waals surface area contributed by atoms with Gasteiger partial charge in [0.25, 0.3) is 0 Å². The maximum absolute atomic E-state index is 12.2. The number of anilines is 1. The van der Waals surface area contributed by atoms with Crippen LogP contribution < -0.4 is 10.6 Å². The van der Waals surface area contributed by atoms with Crippen LogP contribution in [0.2, 0.25) is 0 Å². The predicted octanol–water partition coefficient (Wildman–Crippen LogP) is 4.12. The first-order valence-electron chi connectivity index (χ1n) is 9.40. The number of imidazole rings is 2. The van der Waals surface area contributed by atoms with E-state index in [-0.39, 0.29) is 5.69 Å². The fraction of sp³-hybridized carbons (Fsp3) is 0.182. The number of aromatic amines is 1. The van der Waals surface area contributed by atoms with Crippen LogP contribution in [0.4, 0.5) is 5.69 Å². The van der Waals surface area contributed by atoms with Gasteiger partial charge in [0.05, 0.1) is 28.6 Å². The molecule has 1 N–H and O–H groups in total. The Morgan fingerprint density at radius 1 is 1.07 bits per heavy atom. The van der Waals surface area contributed by atoms with Crippen molar-refractivity contribution in [2.24, 2.45) is 14.1 Å². The van der Waals surface area contributed by atoms with Gasteiger partial charge in [-0.05, 0) is 47.8 Å². The molecule has 5 rings (SSSR count). The van der Waals surface area contributed by atoms with Crippen molar-refractivity contribution < 1.29 is 0 Å². The first-order chi connectivity index (χ1) is 14.0. The lowest BCUT2D eigenvalue weighted by molar-refractivity contribution is 0.795. The molecule has 3 aromatic heterocycles. The Hall–Kier alpha value is -3.32. The van der Waals surface area contributed by atoms with Crippen molar-refractivity contribution in [2.45, 2.75) is 6.54 Å². The van der Waals surface area contributed by atoms with Gasteiger partial charge in [-0.1, -0.05) is 6.07 Å². The highest BCUT2D eigenvalue weighted by Gasteiger charge is 2.12. The highest BCUT2D eigenvalue weighted by Crippen LogP contribution is 2.26. The van der Waals surface area contributed by atoms with E-state index < -0.39 is 0 Å². The minimum atomic E-state index is -0.0323. The highest BCUT2D eigenvalue weighted by atomic mass is 32.1. The van der Waals surface area contributed by atoms with Crippen LogP contribution in [0, 0.1) is 0 Å². The van der Waals surface area contributed by atoms with Crippen LogP contribution in [0.5, 0.6) is 0 Å². The second-order valence-electron chi connectivity index (χ2n) is 7.33. The van der Waals surface area contributed by atoms with Crippen molar-refractivity contribution >= 4 is 39.1 Å². The van der Waals surface area contributed by atoms with Crippen molar-refractivity contribution in [3.63, 3.8) is 0 Å². The maximum atomic E-state index is 12.2. The normalized spacial score (nSPS) is 11.6. The number of rotatable bonds is 4. The van der Waals surface area contributed by atoms with Crippen molar-refractivity contribution in [3.8, 4) is 11.4 Å². The maximum Gasteiger partial charge on any atom is 0.328 e. The molecule has 0 atom stereocenters. The van der Waals surface area contributed by atoms with Gasteiger partial charge in [0.15, 0.2) is 0 Å². The van der Waals surface area contributed by atoms with E-state index in [2.05, 4.69) is 58.7 Å². The van der Waals surface area contributed by atoms with Crippen LogP contribution in [0.3, 0.4) is 0 Å². The smallest absolute Gasteiger partial charge is 0.328 e. The first-order valence-corrected chi connectivity index (χ1v) is 10.3. The van der Waals surface area contributed by atoms with Gasteiger partial charge >= 0.3 is 5.69 Å². The molecule has 0 radical (unpaired) electrons. The second kappa shape index (κ2) is 6.63. The topological polar surface area (TPSA) is 58.9 Å². The quantitative estimate of drug-likeness (QED) is 0.491. The van der Waals surface area contributed by atoms with E-state index in [0.29, 0.717) is 0 Å². The average Bonchev–Trinajstić information content (AvgIpc) is 3.44. The molecule has 0 saturated carbocycles. The van der Waals surface area contributed by atoms with Crippen molar-refractivity contribution in [1.29, 1.82) is 0 Å². The van der Waals surface area contributed by atoms with E-state index in [4.69, 9.17) is 4.98 Å². The Morgan fingerprint density at radius 2 is 1.79 bits per heavy atom. The van der Waals surface area contributed by atoms with Crippen LogP contribution in [-0.4, -0.2) is 26.1 Å². The molecule has 0 saturated heterocycles. The number of aryl methyl sites for hydroxylation is 2. The molecule has 0 fully saturated rings. The molecular formula is C22H21N5OS. The SMILES string of the molecule is CN(Cc1cccs1)c1ccc(-c2nc3cc4c(cc3[nH]2)n(C)c(=O)n4C)cc1. The zero-order valence-corrected chi connectivity index (χ0v) is 17.3. The van der Waals surface area contributed by atoms with E-state index in [9.17, 15) is 4.79 Å². The molecule has 0 amide bonds. The molecule has 0 aliphatic heterocycles. The molecule has 7 heteroatoms. The standard InChI is InChI=1S/C22H21N5OS/c1-25(13-16-5-4-10-29-16)15-8-6-14(7-9-15)21-23-17-11-19-20(12-18(17)24-21)27(3)22(28)26(19)2/h4-12H,13H2,1-3H3,(H,23,24). The molecule has 0 unspecified atom stereocenters. The lowest BCUT2D eigenvalue weighted by Crippen LogP contribution is -2.19. The number of aromatic nitrogens is 4.